The molecule has 0 amide bonds. The lowest BCUT2D eigenvalue weighted by Gasteiger charge is -2.16. The Balaban J connectivity index is 1.82. The number of benzene rings is 2. The lowest BCUT2D eigenvalue weighted by atomic mass is 10.0. The van der Waals surface area contributed by atoms with E-state index in [2.05, 4.69) is 12.1 Å². The molecule has 4 heteroatoms. The summed E-state index contributed by atoms with van der Waals surface area (Å²) in [5.41, 5.74) is 3.07. The fourth-order valence-electron chi connectivity index (χ4n) is 2.72. The first-order chi connectivity index (χ1) is 11.3. The lowest BCUT2D eigenvalue weighted by molar-refractivity contribution is 0.555. The third kappa shape index (κ3) is 2.94. The van der Waals surface area contributed by atoms with E-state index in [4.69, 9.17) is 21.0 Å². The van der Waals surface area contributed by atoms with Gasteiger partial charge in [-0.1, -0.05) is 41.9 Å². The number of aliphatic imine (C=N–C) groups is 1. The van der Waals surface area contributed by atoms with Crippen molar-refractivity contribution in [3.63, 3.8) is 0 Å². The summed E-state index contributed by atoms with van der Waals surface area (Å²) in [6.45, 7) is 0. The van der Waals surface area contributed by atoms with Gasteiger partial charge in [0.05, 0.1) is 17.7 Å². The molecule has 1 aliphatic rings. The van der Waals surface area contributed by atoms with Crippen LogP contribution >= 0.6 is 23.4 Å². The quantitative estimate of drug-likeness (QED) is 0.548. The number of furan rings is 1. The van der Waals surface area contributed by atoms with E-state index in [1.54, 1.807) is 18.0 Å². The fraction of sp³-hybridized carbons (Fsp3) is 0.105. The molecule has 1 atom stereocenters. The SMILES string of the molecule is Clc1ccccc1[C@H]1CC(c2ccco2)=Nc2ccccc2S1. The van der Waals surface area contributed by atoms with Gasteiger partial charge in [-0.2, -0.15) is 0 Å². The number of thioether (sulfide) groups is 1. The number of hydrogen-bond donors (Lipinski definition) is 0. The van der Waals surface area contributed by atoms with E-state index in [1.807, 2.05) is 48.5 Å². The summed E-state index contributed by atoms with van der Waals surface area (Å²) in [5, 5.41) is 0.999. The van der Waals surface area contributed by atoms with E-state index >= 15 is 0 Å². The molecule has 0 saturated heterocycles. The van der Waals surface area contributed by atoms with E-state index in [0.717, 1.165) is 34.2 Å². The maximum atomic E-state index is 6.43. The smallest absolute Gasteiger partial charge is 0.148 e. The van der Waals surface area contributed by atoms with Crippen LogP contribution < -0.4 is 0 Å². The van der Waals surface area contributed by atoms with Crippen molar-refractivity contribution >= 4 is 34.8 Å². The zero-order valence-corrected chi connectivity index (χ0v) is 13.8. The summed E-state index contributed by atoms with van der Waals surface area (Å²) in [5.74, 6) is 0.819. The minimum Gasteiger partial charge on any atom is -0.463 e. The zero-order chi connectivity index (χ0) is 15.6. The molecule has 0 fully saturated rings. The summed E-state index contributed by atoms with van der Waals surface area (Å²) in [6, 6.07) is 20.1. The van der Waals surface area contributed by atoms with Gasteiger partial charge in [0.1, 0.15) is 5.76 Å². The molecular weight excluding hydrogens is 326 g/mol. The number of hydrogen-bond acceptors (Lipinski definition) is 3. The lowest BCUT2D eigenvalue weighted by Crippen LogP contribution is -2.04. The van der Waals surface area contributed by atoms with Crippen LogP contribution in [0.1, 0.15) is 23.0 Å². The Kier molecular flexibility index (Phi) is 3.98. The van der Waals surface area contributed by atoms with Gasteiger partial charge < -0.3 is 4.42 Å². The Morgan fingerprint density at radius 1 is 1.00 bits per heavy atom. The zero-order valence-electron chi connectivity index (χ0n) is 12.3. The first kappa shape index (κ1) is 14.6. The molecule has 1 aromatic heterocycles. The van der Waals surface area contributed by atoms with Crippen LogP contribution in [0.2, 0.25) is 5.02 Å². The molecular formula is C19H14ClNOS. The van der Waals surface area contributed by atoms with Gasteiger partial charge in [-0.15, -0.1) is 11.8 Å². The van der Waals surface area contributed by atoms with Crippen LogP contribution in [0.4, 0.5) is 5.69 Å². The average molecular weight is 340 g/mol. The van der Waals surface area contributed by atoms with Crippen molar-refractivity contribution in [2.75, 3.05) is 0 Å². The van der Waals surface area contributed by atoms with Gasteiger partial charge >= 0.3 is 0 Å². The highest BCUT2D eigenvalue weighted by Gasteiger charge is 2.24. The van der Waals surface area contributed by atoms with Gasteiger partial charge in [0.15, 0.2) is 0 Å². The van der Waals surface area contributed by atoms with Crippen molar-refractivity contribution in [1.82, 2.24) is 0 Å². The second-order valence-corrected chi connectivity index (χ2v) is 6.99. The topological polar surface area (TPSA) is 25.5 Å². The Morgan fingerprint density at radius 3 is 2.65 bits per heavy atom. The number of fused-ring (bicyclic) bond motifs is 1. The van der Waals surface area contributed by atoms with Crippen molar-refractivity contribution in [3.8, 4) is 0 Å². The van der Waals surface area contributed by atoms with Crippen molar-refractivity contribution in [1.29, 1.82) is 0 Å². The van der Waals surface area contributed by atoms with Crippen LogP contribution in [0.5, 0.6) is 0 Å². The number of rotatable bonds is 2. The minimum absolute atomic E-state index is 0.205. The highest BCUT2D eigenvalue weighted by Crippen LogP contribution is 2.46. The highest BCUT2D eigenvalue weighted by atomic mass is 35.5. The van der Waals surface area contributed by atoms with Crippen molar-refractivity contribution in [2.24, 2.45) is 4.99 Å². The van der Waals surface area contributed by atoms with E-state index in [1.165, 1.54) is 4.90 Å². The van der Waals surface area contributed by atoms with Crippen molar-refractivity contribution in [2.45, 2.75) is 16.6 Å². The van der Waals surface area contributed by atoms with Gasteiger partial charge in [-0.3, -0.25) is 0 Å². The largest absolute Gasteiger partial charge is 0.463 e. The second kappa shape index (κ2) is 6.26. The number of para-hydroxylation sites is 1. The Bertz CT molecular complexity index is 857. The molecule has 114 valence electrons. The van der Waals surface area contributed by atoms with Gasteiger partial charge in [-0.25, -0.2) is 4.99 Å². The summed E-state index contributed by atoms with van der Waals surface area (Å²) < 4.78 is 5.58. The average Bonchev–Trinajstić information content (AvgIpc) is 3.03. The third-order valence-electron chi connectivity index (χ3n) is 3.83. The van der Waals surface area contributed by atoms with Gasteiger partial charge in [0, 0.05) is 21.6 Å². The standard InChI is InChI=1S/C19H14ClNOS/c20-14-7-2-1-6-13(14)19-12-16(17-9-5-11-22-17)21-15-8-3-4-10-18(15)23-19/h1-11,19H,12H2/t19-/m1/s1. The van der Waals surface area contributed by atoms with Crippen LogP contribution in [0.3, 0.4) is 0 Å². The minimum atomic E-state index is 0.205. The molecule has 0 unspecified atom stereocenters. The molecule has 3 aromatic rings. The predicted octanol–water partition coefficient (Wildman–Crippen LogP) is 6.29. The van der Waals surface area contributed by atoms with Gasteiger partial charge in [-0.05, 0) is 35.9 Å². The molecule has 1 aliphatic heterocycles. The summed E-state index contributed by atoms with van der Waals surface area (Å²) >= 11 is 8.24. The maximum Gasteiger partial charge on any atom is 0.148 e. The van der Waals surface area contributed by atoms with Crippen LogP contribution in [0.25, 0.3) is 0 Å². The molecule has 0 bridgehead atoms. The van der Waals surface area contributed by atoms with E-state index in [9.17, 15) is 0 Å². The number of halogens is 1. The van der Waals surface area contributed by atoms with Crippen LogP contribution in [-0.2, 0) is 0 Å². The third-order valence-corrected chi connectivity index (χ3v) is 5.47. The molecule has 2 heterocycles. The van der Waals surface area contributed by atoms with Gasteiger partial charge in [0.2, 0.25) is 0 Å². The maximum absolute atomic E-state index is 6.43. The first-order valence-electron chi connectivity index (χ1n) is 7.43. The Morgan fingerprint density at radius 2 is 1.83 bits per heavy atom. The molecule has 0 spiro atoms. The Hall–Kier alpha value is -1.97. The van der Waals surface area contributed by atoms with Gasteiger partial charge in [0.25, 0.3) is 0 Å². The summed E-state index contributed by atoms with van der Waals surface area (Å²) in [4.78, 5) is 6.01. The normalized spacial score (nSPS) is 17.3. The van der Waals surface area contributed by atoms with Crippen LogP contribution in [0, 0.1) is 0 Å². The van der Waals surface area contributed by atoms with E-state index in [0.29, 0.717) is 0 Å². The molecule has 2 nitrogen and oxygen atoms in total. The molecule has 0 radical (unpaired) electrons. The molecule has 4 rings (SSSR count). The fourth-order valence-corrected chi connectivity index (χ4v) is 4.32. The van der Waals surface area contributed by atoms with E-state index < -0.39 is 0 Å². The summed E-state index contributed by atoms with van der Waals surface area (Å²) in [6.07, 6.45) is 2.46. The second-order valence-electron chi connectivity index (χ2n) is 5.34. The monoisotopic (exact) mass is 339 g/mol. The van der Waals surface area contributed by atoms with Crippen LogP contribution in [0.15, 0.2) is 81.2 Å². The highest BCUT2D eigenvalue weighted by molar-refractivity contribution is 7.99. The molecule has 23 heavy (non-hydrogen) atoms. The molecule has 0 saturated carbocycles. The van der Waals surface area contributed by atoms with E-state index in [-0.39, 0.29) is 5.25 Å². The molecule has 0 aliphatic carbocycles. The van der Waals surface area contributed by atoms with Crippen molar-refractivity contribution in [3.05, 3.63) is 83.3 Å². The molecule has 0 N–H and O–H groups in total. The number of nitrogens with zero attached hydrogens (tertiary/aromatic N) is 1. The summed E-state index contributed by atoms with van der Waals surface area (Å²) in [7, 11) is 0. The Labute approximate surface area is 144 Å². The first-order valence-corrected chi connectivity index (χ1v) is 8.68. The molecule has 2 aromatic carbocycles. The predicted molar refractivity (Wildman–Crippen MR) is 96.0 cm³/mol. The van der Waals surface area contributed by atoms with Crippen LogP contribution in [-0.4, -0.2) is 5.71 Å². The van der Waals surface area contributed by atoms with Crippen molar-refractivity contribution < 1.29 is 4.42 Å².